The van der Waals surface area contributed by atoms with E-state index in [9.17, 15) is 45.5 Å². The van der Waals surface area contributed by atoms with E-state index in [0.29, 0.717) is 6.42 Å². The minimum Gasteiger partial charge on any atom is -0.449 e. The van der Waals surface area contributed by atoms with Crippen LogP contribution in [0.15, 0.2) is 6.33 Å². The standard InChI is InChI=1S/C16H21F6N6O6P/c1-3-4-33-13(29)25-11-10-12(24-8-23-11)28(27-26-10)5-9(2)34-7-14(16(20,21)22,35(30,31)32)6-15(17,18)19/h8-9H,3-7H2,1-2H3,(H2,30,31,32)(H,23,24,25,29)/t9?,14-/m1/s1. The van der Waals surface area contributed by atoms with Crippen molar-refractivity contribution in [3.63, 3.8) is 0 Å². The van der Waals surface area contributed by atoms with E-state index in [1.165, 1.54) is 0 Å². The van der Waals surface area contributed by atoms with Gasteiger partial charge in [-0.2, -0.15) is 26.3 Å². The molecule has 0 spiro atoms. The van der Waals surface area contributed by atoms with Gasteiger partial charge in [0, 0.05) is 0 Å². The predicted molar refractivity (Wildman–Crippen MR) is 105 cm³/mol. The van der Waals surface area contributed by atoms with Crippen molar-refractivity contribution >= 4 is 30.7 Å². The number of rotatable bonds is 10. The second-order valence-electron chi connectivity index (χ2n) is 7.41. The molecule has 0 radical (unpaired) electrons. The van der Waals surface area contributed by atoms with Crippen LogP contribution < -0.4 is 5.32 Å². The summed E-state index contributed by atoms with van der Waals surface area (Å²) in [6.45, 7) is 0.647. The molecule has 2 rings (SSSR count). The van der Waals surface area contributed by atoms with Crippen molar-refractivity contribution < 1.29 is 55.0 Å². The lowest BCUT2D eigenvalue weighted by Gasteiger charge is -2.36. The largest absolute Gasteiger partial charge is 0.449 e. The van der Waals surface area contributed by atoms with E-state index in [0.717, 1.165) is 17.9 Å². The van der Waals surface area contributed by atoms with E-state index >= 15 is 0 Å². The Kier molecular flexibility index (Phi) is 8.68. The van der Waals surface area contributed by atoms with E-state index in [1.54, 1.807) is 6.92 Å². The third kappa shape index (κ3) is 6.99. The lowest BCUT2D eigenvalue weighted by atomic mass is 10.0. The van der Waals surface area contributed by atoms with E-state index in [2.05, 4.69) is 25.6 Å². The van der Waals surface area contributed by atoms with Gasteiger partial charge in [0.1, 0.15) is 6.33 Å². The van der Waals surface area contributed by atoms with E-state index in [1.807, 2.05) is 0 Å². The Morgan fingerprint density at radius 1 is 1.23 bits per heavy atom. The summed E-state index contributed by atoms with van der Waals surface area (Å²) in [5.41, 5.74) is -0.0568. The topological polar surface area (TPSA) is 162 Å². The summed E-state index contributed by atoms with van der Waals surface area (Å²) in [5, 5.41) is 5.26. The first-order valence-corrected chi connectivity index (χ1v) is 11.4. The highest BCUT2D eigenvalue weighted by atomic mass is 31.2. The van der Waals surface area contributed by atoms with E-state index in [4.69, 9.17) is 9.47 Å². The highest BCUT2D eigenvalue weighted by Crippen LogP contribution is 2.62. The van der Waals surface area contributed by atoms with Crippen molar-refractivity contribution in [1.29, 1.82) is 0 Å². The first kappa shape index (κ1) is 28.7. The van der Waals surface area contributed by atoms with Crippen molar-refractivity contribution in [3.8, 4) is 0 Å². The molecule has 0 saturated carbocycles. The molecule has 0 saturated heterocycles. The quantitative estimate of drug-likeness (QED) is 0.303. The van der Waals surface area contributed by atoms with Crippen molar-refractivity contribution in [2.75, 3.05) is 18.5 Å². The zero-order chi connectivity index (χ0) is 26.7. The van der Waals surface area contributed by atoms with Crippen LogP contribution in [0, 0.1) is 0 Å². The lowest BCUT2D eigenvalue weighted by Crippen LogP contribution is -2.52. The van der Waals surface area contributed by atoms with Gasteiger partial charge in [-0.05, 0) is 13.3 Å². The molecular formula is C16H21F6N6O6P. The Labute approximate surface area is 193 Å². The van der Waals surface area contributed by atoms with E-state index in [-0.39, 0.29) is 23.6 Å². The fourth-order valence-corrected chi connectivity index (χ4v) is 3.79. The van der Waals surface area contributed by atoms with Gasteiger partial charge in [-0.15, -0.1) is 5.10 Å². The summed E-state index contributed by atoms with van der Waals surface area (Å²) in [6.07, 6.45) is -14.9. The smallest absolute Gasteiger partial charge is 0.412 e. The fraction of sp³-hybridized carbons (Fsp3) is 0.688. The van der Waals surface area contributed by atoms with Gasteiger partial charge in [0.15, 0.2) is 22.1 Å². The van der Waals surface area contributed by atoms with Gasteiger partial charge in [0.25, 0.3) is 0 Å². The van der Waals surface area contributed by atoms with Gasteiger partial charge in [0.2, 0.25) is 0 Å². The van der Waals surface area contributed by atoms with Crippen LogP contribution in [0.1, 0.15) is 26.7 Å². The van der Waals surface area contributed by atoms with Gasteiger partial charge in [0.05, 0.1) is 32.3 Å². The fourth-order valence-electron chi connectivity index (χ4n) is 2.83. The van der Waals surface area contributed by atoms with Crippen molar-refractivity contribution in [3.05, 3.63) is 6.33 Å². The number of hydrogen-bond donors (Lipinski definition) is 3. The molecule has 0 aliphatic heterocycles. The maximum absolute atomic E-state index is 13.5. The van der Waals surface area contributed by atoms with Crippen LogP contribution in [0.5, 0.6) is 0 Å². The van der Waals surface area contributed by atoms with Gasteiger partial charge >= 0.3 is 26.0 Å². The predicted octanol–water partition coefficient (Wildman–Crippen LogP) is 3.02. The molecule has 12 nitrogen and oxygen atoms in total. The minimum absolute atomic E-state index is 0.0198. The molecule has 2 aromatic rings. The zero-order valence-electron chi connectivity index (χ0n) is 18.2. The average Bonchev–Trinajstić information content (AvgIpc) is 3.10. The molecule has 3 N–H and O–H groups in total. The molecule has 198 valence electrons. The molecule has 2 heterocycles. The summed E-state index contributed by atoms with van der Waals surface area (Å²) in [7, 11) is -6.40. The van der Waals surface area contributed by atoms with Crippen molar-refractivity contribution in [2.24, 2.45) is 0 Å². The molecule has 0 fully saturated rings. The van der Waals surface area contributed by atoms with Crippen molar-refractivity contribution in [1.82, 2.24) is 25.0 Å². The number of nitrogens with one attached hydrogen (secondary N) is 1. The number of ether oxygens (including phenoxy) is 2. The van der Waals surface area contributed by atoms with Crippen LogP contribution in [0.2, 0.25) is 0 Å². The Bertz CT molecular complexity index is 1080. The third-order valence-electron chi connectivity index (χ3n) is 4.57. The second-order valence-corrected chi connectivity index (χ2v) is 9.36. The van der Waals surface area contributed by atoms with Crippen LogP contribution in [-0.2, 0) is 20.6 Å². The number of nitrogens with zero attached hydrogens (tertiary/aromatic N) is 5. The van der Waals surface area contributed by atoms with Gasteiger partial charge in [-0.1, -0.05) is 12.1 Å². The Balaban J connectivity index is 2.22. The molecule has 0 aliphatic carbocycles. The number of hydrogen-bond acceptors (Lipinski definition) is 8. The number of aromatic nitrogens is 5. The van der Waals surface area contributed by atoms with Gasteiger partial charge in [-0.3, -0.25) is 9.88 Å². The number of anilines is 1. The summed E-state index contributed by atoms with van der Waals surface area (Å²) >= 11 is 0. The first-order valence-electron chi connectivity index (χ1n) is 9.79. The second kappa shape index (κ2) is 10.6. The molecule has 0 aliphatic rings. The summed E-state index contributed by atoms with van der Waals surface area (Å²) in [4.78, 5) is 37.9. The molecule has 19 heteroatoms. The van der Waals surface area contributed by atoms with Crippen LogP contribution in [0.25, 0.3) is 11.2 Å². The minimum atomic E-state index is -6.40. The summed E-state index contributed by atoms with van der Waals surface area (Å²) in [5.74, 6) is -0.0984. The molecule has 1 amide bonds. The Morgan fingerprint density at radius 2 is 1.89 bits per heavy atom. The molecule has 35 heavy (non-hydrogen) atoms. The number of alkyl halides is 6. The molecular weight excluding hydrogens is 517 g/mol. The molecule has 2 aromatic heterocycles. The SMILES string of the molecule is CCCOC(=O)Nc1ncnc2c1nnn2CC(C)OC[C@](CC(F)(F)F)(C(F)(F)F)P(=O)(O)O. The summed E-state index contributed by atoms with van der Waals surface area (Å²) < 4.78 is 101. The number of amides is 1. The lowest BCUT2D eigenvalue weighted by molar-refractivity contribution is -0.224. The van der Waals surface area contributed by atoms with Gasteiger partial charge < -0.3 is 19.3 Å². The van der Waals surface area contributed by atoms with E-state index < -0.39 is 56.9 Å². The third-order valence-corrected chi connectivity index (χ3v) is 6.23. The number of fused-ring (bicyclic) bond motifs is 1. The summed E-state index contributed by atoms with van der Waals surface area (Å²) in [6, 6.07) is 0. The number of halogens is 6. The average molecular weight is 538 g/mol. The molecule has 0 bridgehead atoms. The molecule has 2 atom stereocenters. The highest BCUT2D eigenvalue weighted by molar-refractivity contribution is 7.53. The van der Waals surface area contributed by atoms with Crippen LogP contribution in [0.3, 0.4) is 0 Å². The van der Waals surface area contributed by atoms with Crippen molar-refractivity contribution in [2.45, 2.75) is 56.8 Å². The molecule has 1 unspecified atom stereocenters. The number of carbonyl (C=O) groups excluding carboxylic acids is 1. The zero-order valence-corrected chi connectivity index (χ0v) is 19.1. The first-order chi connectivity index (χ1) is 16.0. The van der Waals surface area contributed by atoms with Crippen LogP contribution in [0.4, 0.5) is 37.0 Å². The molecule has 0 aromatic carbocycles. The Morgan fingerprint density at radius 3 is 2.43 bits per heavy atom. The van der Waals surface area contributed by atoms with Gasteiger partial charge in [-0.25, -0.2) is 19.4 Å². The Hall–Kier alpha value is -2.56. The number of carbonyl (C=O) groups is 1. The maximum Gasteiger partial charge on any atom is 0.412 e. The highest BCUT2D eigenvalue weighted by Gasteiger charge is 2.69. The normalized spacial score (nSPS) is 15.6. The maximum atomic E-state index is 13.5. The monoisotopic (exact) mass is 538 g/mol. The van der Waals surface area contributed by atoms with Crippen LogP contribution in [-0.4, -0.2) is 77.7 Å². The van der Waals surface area contributed by atoms with Crippen LogP contribution >= 0.6 is 7.60 Å².